The Morgan fingerprint density at radius 1 is 1.31 bits per heavy atom. The van der Waals surface area contributed by atoms with Gasteiger partial charge in [-0.15, -0.1) is 0 Å². The molecule has 2 nitrogen and oxygen atoms in total. The van der Waals surface area contributed by atoms with E-state index in [1.165, 1.54) is 11.8 Å². The van der Waals surface area contributed by atoms with Crippen LogP contribution in [0.15, 0.2) is 30.3 Å². The van der Waals surface area contributed by atoms with Gasteiger partial charge in [-0.25, -0.2) is 0 Å². The standard InChI is InChI=1S/C9H10O2S.Na/c10-9(11)7-12-6-8-4-2-1-3-5-8;/h1-5H,6-7H2,(H,10,11);/q;+1/p-1. The molecule has 1 aromatic rings. The summed E-state index contributed by atoms with van der Waals surface area (Å²) in [6.07, 6.45) is 0. The van der Waals surface area contributed by atoms with Gasteiger partial charge in [-0.1, -0.05) is 30.3 Å². The summed E-state index contributed by atoms with van der Waals surface area (Å²) in [4.78, 5) is 10.1. The van der Waals surface area contributed by atoms with E-state index in [0.29, 0.717) is 0 Å². The molecule has 0 heterocycles. The average molecular weight is 204 g/mol. The molecule has 0 saturated heterocycles. The number of rotatable bonds is 4. The van der Waals surface area contributed by atoms with Crippen molar-refractivity contribution in [3.05, 3.63) is 35.9 Å². The zero-order chi connectivity index (χ0) is 8.81. The molecule has 0 atom stereocenters. The van der Waals surface area contributed by atoms with Crippen LogP contribution in [0, 0.1) is 0 Å². The van der Waals surface area contributed by atoms with Gasteiger partial charge in [0.15, 0.2) is 0 Å². The minimum absolute atomic E-state index is 0. The van der Waals surface area contributed by atoms with Crippen molar-refractivity contribution in [3.63, 3.8) is 0 Å². The van der Waals surface area contributed by atoms with Gasteiger partial charge in [-0.3, -0.25) is 0 Å². The molecule has 0 aliphatic carbocycles. The van der Waals surface area contributed by atoms with Crippen molar-refractivity contribution in [3.8, 4) is 0 Å². The first-order valence-corrected chi connectivity index (χ1v) is 4.76. The predicted octanol–water partition coefficient (Wildman–Crippen LogP) is -2.33. The predicted molar refractivity (Wildman–Crippen MR) is 47.6 cm³/mol. The van der Waals surface area contributed by atoms with Crippen LogP contribution in [0.4, 0.5) is 0 Å². The smallest absolute Gasteiger partial charge is 0.549 e. The molecule has 1 aromatic carbocycles. The monoisotopic (exact) mass is 204 g/mol. The zero-order valence-corrected chi connectivity index (χ0v) is 10.3. The summed E-state index contributed by atoms with van der Waals surface area (Å²) in [7, 11) is 0. The molecule has 0 aliphatic heterocycles. The van der Waals surface area contributed by atoms with E-state index in [1.54, 1.807) is 0 Å². The average Bonchev–Trinajstić information content (AvgIpc) is 2.05. The molecule has 4 heteroatoms. The summed E-state index contributed by atoms with van der Waals surface area (Å²) in [6.45, 7) is 0. The molecule has 0 bridgehead atoms. The van der Waals surface area contributed by atoms with E-state index in [9.17, 15) is 9.90 Å². The number of aliphatic carboxylic acids is 1. The summed E-state index contributed by atoms with van der Waals surface area (Å²) in [5, 5.41) is 10.1. The van der Waals surface area contributed by atoms with Crippen molar-refractivity contribution in [2.45, 2.75) is 5.75 Å². The Morgan fingerprint density at radius 3 is 2.46 bits per heavy atom. The number of hydrogen-bond donors (Lipinski definition) is 0. The van der Waals surface area contributed by atoms with Crippen LogP contribution in [0.25, 0.3) is 0 Å². The van der Waals surface area contributed by atoms with E-state index in [-0.39, 0.29) is 35.3 Å². The molecule has 1 rings (SSSR count). The van der Waals surface area contributed by atoms with Crippen LogP contribution < -0.4 is 34.7 Å². The second kappa shape index (κ2) is 7.44. The molecule has 0 unspecified atom stereocenters. The zero-order valence-electron chi connectivity index (χ0n) is 7.53. The first-order valence-electron chi connectivity index (χ1n) is 3.60. The maximum Gasteiger partial charge on any atom is 1.00 e. The van der Waals surface area contributed by atoms with E-state index < -0.39 is 5.97 Å². The first-order chi connectivity index (χ1) is 5.79. The summed E-state index contributed by atoms with van der Waals surface area (Å²) in [5.74, 6) is -0.208. The fourth-order valence-electron chi connectivity index (χ4n) is 0.826. The Balaban J connectivity index is 0.00000144. The van der Waals surface area contributed by atoms with Crippen LogP contribution >= 0.6 is 11.8 Å². The van der Waals surface area contributed by atoms with Crippen molar-refractivity contribution in [1.82, 2.24) is 0 Å². The molecule has 0 aliphatic rings. The molecule has 13 heavy (non-hydrogen) atoms. The van der Waals surface area contributed by atoms with Crippen LogP contribution in [0.1, 0.15) is 5.56 Å². The number of carbonyl (C=O) groups is 1. The number of benzene rings is 1. The molecule has 0 fully saturated rings. The third kappa shape index (κ3) is 6.16. The molecule has 64 valence electrons. The van der Waals surface area contributed by atoms with Gasteiger partial charge in [-0.05, 0) is 5.56 Å². The van der Waals surface area contributed by atoms with E-state index in [4.69, 9.17) is 0 Å². The van der Waals surface area contributed by atoms with Gasteiger partial charge in [0.1, 0.15) is 0 Å². The number of carboxylic acids is 1. The number of thioether (sulfide) groups is 1. The fraction of sp³-hybridized carbons (Fsp3) is 0.222. The van der Waals surface area contributed by atoms with Crippen LogP contribution in [-0.4, -0.2) is 11.7 Å². The van der Waals surface area contributed by atoms with Crippen molar-refractivity contribution in [1.29, 1.82) is 0 Å². The third-order valence-corrected chi connectivity index (χ3v) is 2.31. The topological polar surface area (TPSA) is 40.1 Å². The Bertz CT molecular complexity index is 251. The quantitative estimate of drug-likeness (QED) is 0.517. The summed E-state index contributed by atoms with van der Waals surface area (Å²) < 4.78 is 0. The minimum Gasteiger partial charge on any atom is -0.549 e. The van der Waals surface area contributed by atoms with Crippen molar-refractivity contribution in [2.75, 3.05) is 5.75 Å². The normalized spacial score (nSPS) is 8.92. The Hall–Kier alpha value is 0.0400. The van der Waals surface area contributed by atoms with Crippen molar-refractivity contribution < 1.29 is 39.5 Å². The largest absolute Gasteiger partial charge is 1.00 e. The summed E-state index contributed by atoms with van der Waals surface area (Å²) in [6, 6.07) is 9.77. The van der Waals surface area contributed by atoms with Gasteiger partial charge in [0.05, 0.1) is 5.97 Å². The van der Waals surface area contributed by atoms with Gasteiger partial charge in [-0.2, -0.15) is 11.8 Å². The molecule has 0 radical (unpaired) electrons. The minimum atomic E-state index is -1.00. The van der Waals surface area contributed by atoms with Crippen LogP contribution in [0.3, 0.4) is 0 Å². The van der Waals surface area contributed by atoms with Crippen molar-refractivity contribution in [2.24, 2.45) is 0 Å². The van der Waals surface area contributed by atoms with Gasteiger partial charge < -0.3 is 9.90 Å². The van der Waals surface area contributed by atoms with Crippen LogP contribution in [0.2, 0.25) is 0 Å². The van der Waals surface area contributed by atoms with Gasteiger partial charge in [0.2, 0.25) is 0 Å². The molecule has 0 aromatic heterocycles. The van der Waals surface area contributed by atoms with Gasteiger partial charge in [0.25, 0.3) is 0 Å². The second-order valence-electron chi connectivity index (χ2n) is 2.35. The number of hydrogen-bond acceptors (Lipinski definition) is 3. The first kappa shape index (κ1) is 13.0. The van der Waals surface area contributed by atoms with E-state index in [1.807, 2.05) is 30.3 Å². The SMILES string of the molecule is O=C([O-])CSCc1ccccc1.[Na+]. The fourth-order valence-corrected chi connectivity index (χ4v) is 1.52. The van der Waals surface area contributed by atoms with E-state index >= 15 is 0 Å². The van der Waals surface area contributed by atoms with Crippen molar-refractivity contribution >= 4 is 17.7 Å². The Kier molecular flexibility index (Phi) is 7.47. The maximum absolute atomic E-state index is 10.1. The summed E-state index contributed by atoms with van der Waals surface area (Å²) >= 11 is 1.35. The van der Waals surface area contributed by atoms with Crippen LogP contribution in [0.5, 0.6) is 0 Å². The van der Waals surface area contributed by atoms with Gasteiger partial charge in [0, 0.05) is 11.5 Å². The molecule has 0 N–H and O–H groups in total. The Labute approximate surface area is 104 Å². The number of carboxylic acid groups (broad SMARTS) is 1. The number of carbonyl (C=O) groups excluding carboxylic acids is 1. The molecule has 0 saturated carbocycles. The molecule has 0 amide bonds. The maximum atomic E-state index is 10.1. The third-order valence-electron chi connectivity index (χ3n) is 1.33. The van der Waals surface area contributed by atoms with Gasteiger partial charge >= 0.3 is 29.6 Å². The van der Waals surface area contributed by atoms with E-state index in [2.05, 4.69) is 0 Å². The molecular formula is C9H9NaO2S. The second-order valence-corrected chi connectivity index (χ2v) is 3.34. The van der Waals surface area contributed by atoms with E-state index in [0.717, 1.165) is 11.3 Å². The molecular weight excluding hydrogens is 195 g/mol. The Morgan fingerprint density at radius 2 is 1.92 bits per heavy atom. The van der Waals surface area contributed by atoms with Crippen LogP contribution in [-0.2, 0) is 10.5 Å². The molecule has 0 spiro atoms. The summed E-state index contributed by atoms with van der Waals surface area (Å²) in [5.41, 5.74) is 1.14.